The third-order valence-electron chi connectivity index (χ3n) is 7.39. The zero-order valence-electron chi connectivity index (χ0n) is 16.9. The average molecular weight is 383 g/mol. The summed E-state index contributed by atoms with van der Waals surface area (Å²) in [5.74, 6) is -0.196. The maximum Gasteiger partial charge on any atom is 0.329 e. The highest BCUT2D eigenvalue weighted by Crippen LogP contribution is 2.59. The van der Waals surface area contributed by atoms with Gasteiger partial charge in [0.1, 0.15) is 12.6 Å². The third-order valence-corrected chi connectivity index (χ3v) is 7.39. The Bertz CT molecular complexity index is 918. The van der Waals surface area contributed by atoms with Crippen LogP contribution in [0.1, 0.15) is 62.9 Å². The summed E-state index contributed by atoms with van der Waals surface area (Å²) in [6, 6.07) is 8.63. The normalized spacial score (nSPS) is 30.1. The molecule has 1 fully saturated rings. The SMILES string of the molecule is CC[C@]12CCCN3CCc4c(n(c5ccccc45)[C@@H](C(=O)OC[C@H](C)O)C1)[C@@H]32. The van der Waals surface area contributed by atoms with Gasteiger partial charge in [-0.1, -0.05) is 25.1 Å². The van der Waals surface area contributed by atoms with E-state index in [1.165, 1.54) is 29.5 Å². The lowest BCUT2D eigenvalue weighted by Crippen LogP contribution is -2.54. The molecule has 1 saturated heterocycles. The number of carbonyl (C=O) groups excluding carboxylic acids is 1. The van der Waals surface area contributed by atoms with Crippen LogP contribution in [0, 0.1) is 5.41 Å². The van der Waals surface area contributed by atoms with Crippen molar-refractivity contribution >= 4 is 16.9 Å². The summed E-state index contributed by atoms with van der Waals surface area (Å²) in [4.78, 5) is 15.9. The summed E-state index contributed by atoms with van der Waals surface area (Å²) < 4.78 is 7.85. The monoisotopic (exact) mass is 382 g/mol. The lowest BCUT2D eigenvalue weighted by atomic mass is 9.63. The number of aliphatic hydroxyl groups excluding tert-OH is 1. The summed E-state index contributed by atoms with van der Waals surface area (Å²) in [6.45, 7) is 6.28. The molecule has 28 heavy (non-hydrogen) atoms. The van der Waals surface area contributed by atoms with Gasteiger partial charge in [0.15, 0.2) is 0 Å². The Morgan fingerprint density at radius 3 is 2.96 bits per heavy atom. The van der Waals surface area contributed by atoms with E-state index in [1.54, 1.807) is 6.92 Å². The summed E-state index contributed by atoms with van der Waals surface area (Å²) in [7, 11) is 0. The van der Waals surface area contributed by atoms with Crippen molar-refractivity contribution < 1.29 is 14.6 Å². The van der Waals surface area contributed by atoms with Gasteiger partial charge < -0.3 is 14.4 Å². The number of piperidine rings is 1. The van der Waals surface area contributed by atoms with Gasteiger partial charge in [0.05, 0.1) is 12.1 Å². The number of rotatable bonds is 4. The fourth-order valence-electron chi connectivity index (χ4n) is 6.19. The standard InChI is InChI=1S/C23H30N2O3/c1-3-23-10-6-11-24-12-9-17-16-7-4-5-8-18(16)25(20(17)21(23)24)19(13-23)22(27)28-14-15(2)26/h4-5,7-8,15,19,21,26H,3,6,9-14H2,1-2H3/t15-,19+,21+,23-/m0/s1. The first-order valence-corrected chi connectivity index (χ1v) is 10.8. The molecule has 150 valence electrons. The van der Waals surface area contributed by atoms with Crippen LogP contribution < -0.4 is 0 Å². The minimum Gasteiger partial charge on any atom is -0.461 e. The number of para-hydroxylation sites is 1. The van der Waals surface area contributed by atoms with Gasteiger partial charge in [-0.2, -0.15) is 0 Å². The molecule has 3 aliphatic rings. The topological polar surface area (TPSA) is 54.7 Å². The predicted molar refractivity (Wildman–Crippen MR) is 108 cm³/mol. The Morgan fingerprint density at radius 2 is 2.18 bits per heavy atom. The maximum absolute atomic E-state index is 13.2. The Balaban J connectivity index is 1.71. The van der Waals surface area contributed by atoms with E-state index >= 15 is 0 Å². The molecule has 0 aliphatic carbocycles. The molecule has 0 amide bonds. The smallest absolute Gasteiger partial charge is 0.329 e. The highest BCUT2D eigenvalue weighted by Gasteiger charge is 2.54. The molecule has 0 spiro atoms. The highest BCUT2D eigenvalue weighted by atomic mass is 16.5. The van der Waals surface area contributed by atoms with Crippen LogP contribution in [0.3, 0.4) is 0 Å². The molecule has 0 unspecified atom stereocenters. The van der Waals surface area contributed by atoms with Gasteiger partial charge >= 0.3 is 5.97 Å². The summed E-state index contributed by atoms with van der Waals surface area (Å²) in [5.41, 5.74) is 4.08. The van der Waals surface area contributed by atoms with Crippen LogP contribution in [0.2, 0.25) is 0 Å². The van der Waals surface area contributed by atoms with Crippen molar-refractivity contribution in [2.45, 2.75) is 64.1 Å². The minimum absolute atomic E-state index is 0.0609. The third kappa shape index (κ3) is 2.49. The first kappa shape index (κ1) is 18.2. The van der Waals surface area contributed by atoms with Crippen molar-refractivity contribution in [3.63, 3.8) is 0 Å². The molecule has 5 nitrogen and oxygen atoms in total. The number of ether oxygens (including phenoxy) is 1. The maximum atomic E-state index is 13.2. The van der Waals surface area contributed by atoms with E-state index in [-0.39, 0.29) is 24.0 Å². The molecule has 1 N–H and O–H groups in total. The van der Waals surface area contributed by atoms with Crippen molar-refractivity contribution in [1.82, 2.24) is 9.47 Å². The van der Waals surface area contributed by atoms with Crippen molar-refractivity contribution in [3.05, 3.63) is 35.5 Å². The molecule has 5 heteroatoms. The van der Waals surface area contributed by atoms with Crippen molar-refractivity contribution in [3.8, 4) is 0 Å². The highest BCUT2D eigenvalue weighted by molar-refractivity contribution is 5.89. The number of hydrogen-bond donors (Lipinski definition) is 1. The largest absolute Gasteiger partial charge is 0.461 e. The number of esters is 1. The average Bonchev–Trinajstić information content (AvgIpc) is 3.05. The van der Waals surface area contributed by atoms with Crippen LogP contribution in [0.5, 0.6) is 0 Å². The molecule has 0 radical (unpaired) electrons. The number of fused-ring (bicyclic) bond motifs is 3. The molecule has 2 aromatic rings. The molecule has 5 rings (SSSR count). The van der Waals surface area contributed by atoms with Crippen LogP contribution in [0.15, 0.2) is 24.3 Å². The second kappa shape index (κ2) is 6.60. The van der Waals surface area contributed by atoms with E-state index in [4.69, 9.17) is 4.74 Å². The van der Waals surface area contributed by atoms with Crippen LogP contribution in [0.4, 0.5) is 0 Å². The number of hydrogen-bond acceptors (Lipinski definition) is 4. The van der Waals surface area contributed by atoms with Crippen LogP contribution >= 0.6 is 0 Å². The van der Waals surface area contributed by atoms with Crippen molar-refractivity contribution in [2.24, 2.45) is 5.41 Å². The molecule has 4 heterocycles. The molecule has 1 aromatic heterocycles. The molecule has 0 bridgehead atoms. The molecular weight excluding hydrogens is 352 g/mol. The zero-order valence-corrected chi connectivity index (χ0v) is 16.9. The van der Waals surface area contributed by atoms with Crippen molar-refractivity contribution in [1.29, 1.82) is 0 Å². The fraction of sp³-hybridized carbons (Fsp3) is 0.609. The molecule has 4 atom stereocenters. The van der Waals surface area contributed by atoms with E-state index in [0.717, 1.165) is 37.9 Å². The summed E-state index contributed by atoms with van der Waals surface area (Å²) >= 11 is 0. The van der Waals surface area contributed by atoms with E-state index < -0.39 is 6.10 Å². The molecule has 3 aliphatic heterocycles. The fourth-order valence-corrected chi connectivity index (χ4v) is 6.19. The number of carbonyl (C=O) groups is 1. The van der Waals surface area contributed by atoms with E-state index in [9.17, 15) is 9.90 Å². The second-order valence-corrected chi connectivity index (χ2v) is 8.96. The Morgan fingerprint density at radius 1 is 1.36 bits per heavy atom. The first-order chi connectivity index (χ1) is 13.6. The summed E-state index contributed by atoms with van der Waals surface area (Å²) in [6.07, 6.45) is 4.69. The number of aliphatic hydroxyl groups is 1. The van der Waals surface area contributed by atoms with Gasteiger partial charge in [0, 0.05) is 23.1 Å². The number of benzene rings is 1. The quantitative estimate of drug-likeness (QED) is 0.821. The number of aromatic nitrogens is 1. The Hall–Kier alpha value is -1.85. The molecule has 0 saturated carbocycles. The first-order valence-electron chi connectivity index (χ1n) is 10.8. The zero-order chi connectivity index (χ0) is 19.5. The molecule has 1 aromatic carbocycles. The van der Waals surface area contributed by atoms with Gasteiger partial charge in [0.25, 0.3) is 0 Å². The minimum atomic E-state index is -0.638. The van der Waals surface area contributed by atoms with Crippen LogP contribution in [-0.4, -0.2) is 46.3 Å². The lowest BCUT2D eigenvalue weighted by Gasteiger charge is -2.56. The summed E-state index contributed by atoms with van der Waals surface area (Å²) in [5, 5.41) is 10.9. The van der Waals surface area contributed by atoms with Gasteiger partial charge in [-0.25, -0.2) is 4.79 Å². The van der Waals surface area contributed by atoms with Crippen molar-refractivity contribution in [2.75, 3.05) is 19.7 Å². The van der Waals surface area contributed by atoms with E-state index in [0.29, 0.717) is 6.04 Å². The Kier molecular flexibility index (Phi) is 4.29. The lowest BCUT2D eigenvalue weighted by molar-refractivity contribution is -0.154. The van der Waals surface area contributed by atoms with Gasteiger partial charge in [0.2, 0.25) is 0 Å². The van der Waals surface area contributed by atoms with E-state index in [2.05, 4.69) is 40.7 Å². The predicted octanol–water partition coefficient (Wildman–Crippen LogP) is 3.60. The van der Waals surface area contributed by atoms with E-state index in [1.807, 2.05) is 0 Å². The Labute approximate surface area is 166 Å². The van der Waals surface area contributed by atoms with Crippen LogP contribution in [0.25, 0.3) is 10.9 Å². The van der Waals surface area contributed by atoms with Crippen LogP contribution in [-0.2, 0) is 16.0 Å². The van der Waals surface area contributed by atoms with Gasteiger partial charge in [-0.15, -0.1) is 0 Å². The second-order valence-electron chi connectivity index (χ2n) is 8.96. The number of nitrogens with zero attached hydrogens (tertiary/aromatic N) is 2. The van der Waals surface area contributed by atoms with Gasteiger partial charge in [-0.05, 0) is 62.6 Å². The van der Waals surface area contributed by atoms with Gasteiger partial charge in [-0.3, -0.25) is 4.90 Å². The molecular formula is C23H30N2O3.